The van der Waals surface area contributed by atoms with Crippen molar-refractivity contribution in [3.63, 3.8) is 0 Å². The molecule has 0 spiro atoms. The van der Waals surface area contributed by atoms with Crippen LogP contribution in [0.4, 0.5) is 0 Å². The van der Waals surface area contributed by atoms with E-state index in [1.165, 1.54) is 18.2 Å². The molecule has 1 atom stereocenters. The summed E-state index contributed by atoms with van der Waals surface area (Å²) in [7, 11) is 0. The highest BCUT2D eigenvalue weighted by Crippen LogP contribution is 2.23. The molecular formula is C20H26ClN3O2S. The maximum absolute atomic E-state index is 13.0. The number of carbonyl (C=O) groups excluding carboxylic acids is 1. The van der Waals surface area contributed by atoms with Crippen molar-refractivity contribution in [1.29, 1.82) is 0 Å². The highest BCUT2D eigenvalue weighted by molar-refractivity contribution is 7.99. The van der Waals surface area contributed by atoms with Gasteiger partial charge < -0.3 is 4.90 Å². The van der Waals surface area contributed by atoms with Crippen LogP contribution in [0, 0.1) is 11.8 Å². The zero-order valence-corrected chi connectivity index (χ0v) is 17.6. The number of fused-ring (bicyclic) bond motifs is 1. The van der Waals surface area contributed by atoms with Crippen molar-refractivity contribution in [1.82, 2.24) is 14.5 Å². The normalized spacial score (nSPS) is 17.7. The van der Waals surface area contributed by atoms with Gasteiger partial charge in [0.1, 0.15) is 0 Å². The summed E-state index contributed by atoms with van der Waals surface area (Å²) in [6, 6.07) is 5.16. The molecule has 0 saturated carbocycles. The van der Waals surface area contributed by atoms with E-state index in [0.29, 0.717) is 45.2 Å². The minimum Gasteiger partial charge on any atom is -0.342 e. The Kier molecular flexibility index (Phi) is 6.48. The fourth-order valence-corrected chi connectivity index (χ4v) is 4.53. The van der Waals surface area contributed by atoms with Crippen molar-refractivity contribution in [2.75, 3.05) is 18.8 Å². The summed E-state index contributed by atoms with van der Waals surface area (Å²) < 4.78 is 1.68. The maximum Gasteiger partial charge on any atom is 0.262 e. The zero-order chi connectivity index (χ0) is 19.6. The summed E-state index contributed by atoms with van der Waals surface area (Å²) >= 11 is 7.41. The average molecular weight is 408 g/mol. The molecule has 1 unspecified atom stereocenters. The molecule has 1 aromatic heterocycles. The average Bonchev–Trinajstić information content (AvgIpc) is 2.62. The maximum atomic E-state index is 13.0. The van der Waals surface area contributed by atoms with E-state index < -0.39 is 0 Å². The second-order valence-corrected chi connectivity index (χ2v) is 9.12. The molecule has 2 heterocycles. The van der Waals surface area contributed by atoms with Crippen LogP contribution >= 0.6 is 23.4 Å². The number of nitrogens with zero attached hydrogens (tertiary/aromatic N) is 3. The summed E-state index contributed by atoms with van der Waals surface area (Å²) in [6.07, 6.45) is 2.24. The number of hydrogen-bond donors (Lipinski definition) is 0. The van der Waals surface area contributed by atoms with Crippen molar-refractivity contribution < 1.29 is 4.79 Å². The quantitative estimate of drug-likeness (QED) is 0.554. The van der Waals surface area contributed by atoms with Gasteiger partial charge in [0, 0.05) is 24.7 Å². The standard InChI is InChI=1S/C20H26ClN3O2S/c1-13(2)10-24-19(26)16-9-15(21)6-7-17(16)22-20(24)27-12-18(25)23-8-4-5-14(3)11-23/h6-7,9,13-14H,4-5,8,10-12H2,1-3H3. The minimum absolute atomic E-state index is 0.0993. The number of amides is 1. The Hall–Kier alpha value is -1.53. The van der Waals surface area contributed by atoms with Crippen LogP contribution in [-0.4, -0.2) is 39.2 Å². The van der Waals surface area contributed by atoms with Crippen LogP contribution in [0.2, 0.25) is 5.02 Å². The molecule has 146 valence electrons. The smallest absolute Gasteiger partial charge is 0.262 e. The summed E-state index contributed by atoms with van der Waals surface area (Å²) in [5.41, 5.74) is 0.517. The van der Waals surface area contributed by atoms with Gasteiger partial charge in [-0.25, -0.2) is 4.98 Å². The molecule has 0 bridgehead atoms. The lowest BCUT2D eigenvalue weighted by Gasteiger charge is -2.30. The highest BCUT2D eigenvalue weighted by atomic mass is 35.5. The molecule has 3 rings (SSSR count). The molecule has 0 radical (unpaired) electrons. The van der Waals surface area contributed by atoms with E-state index in [1.54, 1.807) is 22.8 Å². The number of halogens is 1. The molecule has 1 aromatic carbocycles. The summed E-state index contributed by atoms with van der Waals surface area (Å²) in [4.78, 5) is 32.2. The zero-order valence-electron chi connectivity index (χ0n) is 16.1. The Morgan fingerprint density at radius 3 is 2.89 bits per heavy atom. The van der Waals surface area contributed by atoms with E-state index in [0.717, 1.165) is 19.5 Å². The first-order valence-electron chi connectivity index (χ1n) is 9.46. The number of benzene rings is 1. The molecule has 0 N–H and O–H groups in total. The Morgan fingerprint density at radius 1 is 1.41 bits per heavy atom. The van der Waals surface area contributed by atoms with Gasteiger partial charge in [0.25, 0.3) is 5.56 Å². The second-order valence-electron chi connectivity index (χ2n) is 7.74. The molecule has 27 heavy (non-hydrogen) atoms. The lowest BCUT2D eigenvalue weighted by atomic mass is 10.0. The second kappa shape index (κ2) is 8.65. The lowest BCUT2D eigenvalue weighted by Crippen LogP contribution is -2.40. The molecule has 1 amide bonds. The number of hydrogen-bond acceptors (Lipinski definition) is 4. The van der Waals surface area contributed by atoms with E-state index in [9.17, 15) is 9.59 Å². The number of piperidine rings is 1. The topological polar surface area (TPSA) is 55.2 Å². The third-order valence-electron chi connectivity index (χ3n) is 4.76. The number of likely N-dealkylation sites (tertiary alicyclic amines) is 1. The van der Waals surface area contributed by atoms with E-state index in [4.69, 9.17) is 11.6 Å². The third kappa shape index (κ3) is 4.85. The molecule has 2 aromatic rings. The molecule has 5 nitrogen and oxygen atoms in total. The number of carbonyl (C=O) groups is 1. The van der Waals surface area contributed by atoms with E-state index in [2.05, 4.69) is 25.8 Å². The first kappa shape index (κ1) is 20.2. The van der Waals surface area contributed by atoms with Crippen molar-refractivity contribution in [2.45, 2.75) is 45.3 Å². The number of aromatic nitrogens is 2. The van der Waals surface area contributed by atoms with Gasteiger partial charge in [0.15, 0.2) is 5.16 Å². The van der Waals surface area contributed by atoms with Crippen LogP contribution in [0.5, 0.6) is 0 Å². The Labute approximate surface area is 169 Å². The van der Waals surface area contributed by atoms with Crippen LogP contribution < -0.4 is 5.56 Å². The lowest BCUT2D eigenvalue weighted by molar-refractivity contribution is -0.130. The van der Waals surface area contributed by atoms with Gasteiger partial charge >= 0.3 is 0 Å². The summed E-state index contributed by atoms with van der Waals surface area (Å²) in [5, 5.41) is 1.64. The Balaban J connectivity index is 1.87. The summed E-state index contributed by atoms with van der Waals surface area (Å²) in [5.74, 6) is 1.26. The van der Waals surface area contributed by atoms with Crippen LogP contribution in [0.25, 0.3) is 10.9 Å². The van der Waals surface area contributed by atoms with Crippen molar-refractivity contribution in [3.8, 4) is 0 Å². The van der Waals surface area contributed by atoms with Crippen LogP contribution in [-0.2, 0) is 11.3 Å². The van der Waals surface area contributed by atoms with E-state index in [-0.39, 0.29) is 11.5 Å². The first-order valence-corrected chi connectivity index (χ1v) is 10.8. The predicted molar refractivity (Wildman–Crippen MR) is 112 cm³/mol. The Bertz CT molecular complexity index is 897. The predicted octanol–water partition coefficient (Wildman–Crippen LogP) is 4.06. The molecular weight excluding hydrogens is 382 g/mol. The minimum atomic E-state index is -0.0993. The van der Waals surface area contributed by atoms with Gasteiger partial charge in [-0.15, -0.1) is 0 Å². The van der Waals surface area contributed by atoms with Crippen molar-refractivity contribution >= 4 is 40.2 Å². The molecule has 1 aliphatic rings. The largest absolute Gasteiger partial charge is 0.342 e. The molecule has 0 aliphatic carbocycles. The number of rotatable bonds is 5. The SMILES string of the molecule is CC(C)Cn1c(SCC(=O)N2CCCC(C)C2)nc2ccc(Cl)cc2c1=O. The number of thioether (sulfide) groups is 1. The van der Waals surface area contributed by atoms with Gasteiger partial charge in [-0.1, -0.05) is 44.1 Å². The monoisotopic (exact) mass is 407 g/mol. The fraction of sp³-hybridized carbons (Fsp3) is 0.550. The highest BCUT2D eigenvalue weighted by Gasteiger charge is 2.22. The van der Waals surface area contributed by atoms with E-state index in [1.807, 2.05) is 4.90 Å². The van der Waals surface area contributed by atoms with Gasteiger partial charge in [0.2, 0.25) is 5.91 Å². The van der Waals surface area contributed by atoms with Crippen molar-refractivity contribution in [3.05, 3.63) is 33.6 Å². The van der Waals surface area contributed by atoms with Crippen LogP contribution in [0.15, 0.2) is 28.2 Å². The van der Waals surface area contributed by atoms with Gasteiger partial charge in [-0.05, 0) is 42.9 Å². The summed E-state index contributed by atoms with van der Waals surface area (Å²) in [6.45, 7) is 8.51. The van der Waals surface area contributed by atoms with Crippen molar-refractivity contribution in [2.24, 2.45) is 11.8 Å². The fourth-order valence-electron chi connectivity index (χ4n) is 3.44. The van der Waals surface area contributed by atoms with E-state index >= 15 is 0 Å². The molecule has 1 saturated heterocycles. The third-order valence-corrected chi connectivity index (χ3v) is 5.96. The van der Waals surface area contributed by atoms with Gasteiger partial charge in [-0.2, -0.15) is 0 Å². The van der Waals surface area contributed by atoms with Gasteiger partial charge in [0.05, 0.1) is 16.7 Å². The molecule has 1 fully saturated rings. The van der Waals surface area contributed by atoms with Crippen LogP contribution in [0.3, 0.4) is 0 Å². The Morgan fingerprint density at radius 2 is 2.19 bits per heavy atom. The molecule has 7 heteroatoms. The first-order chi connectivity index (χ1) is 12.8. The van der Waals surface area contributed by atoms with Crippen LogP contribution in [0.1, 0.15) is 33.6 Å². The molecule has 1 aliphatic heterocycles. The van der Waals surface area contributed by atoms with Gasteiger partial charge in [-0.3, -0.25) is 14.2 Å².